The lowest BCUT2D eigenvalue weighted by atomic mass is 10.2. The molecule has 1 heterocycles. The first-order valence-electron chi connectivity index (χ1n) is 9.85. The maximum Gasteiger partial charge on any atom is 0.339 e. The third-order valence-corrected chi connectivity index (χ3v) is 6.44. The summed E-state index contributed by atoms with van der Waals surface area (Å²) in [6.07, 6.45) is 0. The van der Waals surface area contributed by atoms with E-state index in [-0.39, 0.29) is 22.2 Å². The number of anilines is 1. The van der Waals surface area contributed by atoms with Gasteiger partial charge in [0.2, 0.25) is 0 Å². The number of nitrogens with one attached hydrogen (secondary N) is 1. The van der Waals surface area contributed by atoms with Gasteiger partial charge in [-0.2, -0.15) is 8.42 Å². The standard InChI is InChI=1S/C23H21N3O6S/c1-25-19-13-12-17(14-20(19)26(2)23(25)28)33(29,30)32-16-10-8-15(9-11-16)24-22(27)18-6-4-5-7-21(18)31-3/h4-14H,1-3H3,(H,24,27). The maximum absolute atomic E-state index is 12.8. The van der Waals surface area contributed by atoms with E-state index in [0.717, 1.165) is 0 Å². The lowest BCUT2D eigenvalue weighted by Gasteiger charge is -2.10. The Labute approximate surface area is 189 Å². The van der Waals surface area contributed by atoms with E-state index in [4.69, 9.17) is 8.92 Å². The van der Waals surface area contributed by atoms with Gasteiger partial charge in [0.25, 0.3) is 5.91 Å². The number of aryl methyl sites for hydroxylation is 2. The maximum atomic E-state index is 12.8. The van der Waals surface area contributed by atoms with Crippen LogP contribution in [-0.4, -0.2) is 30.6 Å². The van der Waals surface area contributed by atoms with Crippen LogP contribution in [0.3, 0.4) is 0 Å². The van der Waals surface area contributed by atoms with Crippen molar-refractivity contribution in [1.82, 2.24) is 9.13 Å². The molecule has 0 atom stereocenters. The van der Waals surface area contributed by atoms with Crippen molar-refractivity contribution in [3.63, 3.8) is 0 Å². The first-order valence-corrected chi connectivity index (χ1v) is 11.3. The lowest BCUT2D eigenvalue weighted by Crippen LogP contribution is -2.19. The van der Waals surface area contributed by atoms with Gasteiger partial charge in [-0.3, -0.25) is 13.9 Å². The van der Waals surface area contributed by atoms with Crippen molar-refractivity contribution in [2.45, 2.75) is 4.90 Å². The van der Waals surface area contributed by atoms with E-state index in [0.29, 0.717) is 28.0 Å². The van der Waals surface area contributed by atoms with Gasteiger partial charge in [-0.25, -0.2) is 4.79 Å². The van der Waals surface area contributed by atoms with Crippen LogP contribution in [0, 0.1) is 0 Å². The van der Waals surface area contributed by atoms with Crippen LogP contribution in [0.5, 0.6) is 11.5 Å². The molecule has 0 aliphatic rings. The first kappa shape index (κ1) is 22.2. The second-order valence-corrected chi connectivity index (χ2v) is 8.81. The van der Waals surface area contributed by atoms with Crippen LogP contribution in [0.25, 0.3) is 11.0 Å². The number of carbonyl (C=O) groups is 1. The number of nitrogens with zero attached hydrogens (tertiary/aromatic N) is 2. The fraction of sp³-hybridized carbons (Fsp3) is 0.130. The number of rotatable bonds is 6. The van der Waals surface area contributed by atoms with Crippen molar-refractivity contribution in [2.24, 2.45) is 14.1 Å². The van der Waals surface area contributed by atoms with Gasteiger partial charge >= 0.3 is 15.8 Å². The Bertz CT molecular complexity index is 1520. The second kappa shape index (κ2) is 8.47. The molecule has 3 aromatic carbocycles. The Balaban J connectivity index is 1.53. The number of aromatic nitrogens is 2. The van der Waals surface area contributed by atoms with E-state index >= 15 is 0 Å². The zero-order valence-electron chi connectivity index (χ0n) is 18.1. The number of ether oxygens (including phenoxy) is 1. The molecule has 1 amide bonds. The molecule has 0 aliphatic carbocycles. The van der Waals surface area contributed by atoms with Crippen LogP contribution >= 0.6 is 0 Å². The SMILES string of the molecule is COc1ccccc1C(=O)Nc1ccc(OS(=O)(=O)c2ccc3c(c2)n(C)c(=O)n3C)cc1. The van der Waals surface area contributed by atoms with E-state index in [2.05, 4.69) is 5.32 Å². The molecule has 4 aromatic rings. The van der Waals surface area contributed by atoms with Crippen LogP contribution in [0.2, 0.25) is 0 Å². The van der Waals surface area contributed by atoms with Crippen molar-refractivity contribution in [1.29, 1.82) is 0 Å². The summed E-state index contributed by atoms with van der Waals surface area (Å²) in [5, 5.41) is 2.73. The van der Waals surface area contributed by atoms with Gasteiger partial charge in [0, 0.05) is 19.8 Å². The highest BCUT2D eigenvalue weighted by Gasteiger charge is 2.20. The van der Waals surface area contributed by atoms with E-state index in [1.807, 2.05) is 0 Å². The van der Waals surface area contributed by atoms with Gasteiger partial charge in [-0.1, -0.05) is 12.1 Å². The van der Waals surface area contributed by atoms with Gasteiger partial charge in [0.15, 0.2) is 0 Å². The average molecular weight is 468 g/mol. The monoisotopic (exact) mass is 467 g/mol. The molecule has 0 saturated carbocycles. The molecule has 10 heteroatoms. The number of fused-ring (bicyclic) bond motifs is 1. The predicted octanol–water partition coefficient (Wildman–Crippen LogP) is 2.91. The molecule has 170 valence electrons. The number of amides is 1. The number of hydrogen-bond donors (Lipinski definition) is 1. The molecule has 0 fully saturated rings. The number of benzene rings is 3. The smallest absolute Gasteiger partial charge is 0.339 e. The minimum Gasteiger partial charge on any atom is -0.496 e. The van der Waals surface area contributed by atoms with Gasteiger partial charge in [0.1, 0.15) is 16.4 Å². The summed E-state index contributed by atoms with van der Waals surface area (Å²) < 4.78 is 38.8. The first-order chi connectivity index (χ1) is 15.7. The molecule has 4 rings (SSSR count). The fourth-order valence-electron chi connectivity index (χ4n) is 3.44. The molecular weight excluding hydrogens is 446 g/mol. The van der Waals surface area contributed by atoms with Crippen LogP contribution in [0.15, 0.2) is 76.4 Å². The summed E-state index contributed by atoms with van der Waals surface area (Å²) >= 11 is 0. The third-order valence-electron chi connectivity index (χ3n) is 5.20. The molecule has 0 saturated heterocycles. The van der Waals surface area contributed by atoms with Gasteiger partial charge in [-0.15, -0.1) is 0 Å². The minimum atomic E-state index is -4.14. The Morgan fingerprint density at radius 2 is 1.58 bits per heavy atom. The molecule has 1 aromatic heterocycles. The van der Waals surface area contributed by atoms with E-state index in [9.17, 15) is 18.0 Å². The molecular formula is C23H21N3O6S. The third kappa shape index (κ3) is 4.20. The Morgan fingerprint density at radius 1 is 0.909 bits per heavy atom. The molecule has 33 heavy (non-hydrogen) atoms. The quantitative estimate of drug-likeness (QED) is 0.437. The lowest BCUT2D eigenvalue weighted by molar-refractivity contribution is 0.102. The van der Waals surface area contributed by atoms with Crippen molar-refractivity contribution in [2.75, 3.05) is 12.4 Å². The summed E-state index contributed by atoms with van der Waals surface area (Å²) in [5.41, 5.74) is 1.65. The highest BCUT2D eigenvalue weighted by molar-refractivity contribution is 7.87. The van der Waals surface area contributed by atoms with Gasteiger partial charge < -0.3 is 14.2 Å². The summed E-state index contributed by atoms with van der Waals surface area (Å²) in [7, 11) is 0.522. The molecule has 0 spiro atoms. The zero-order valence-corrected chi connectivity index (χ0v) is 18.9. The minimum absolute atomic E-state index is 0.0762. The highest BCUT2D eigenvalue weighted by Crippen LogP contribution is 2.24. The van der Waals surface area contributed by atoms with Crippen molar-refractivity contribution < 1.29 is 22.1 Å². The number of carbonyl (C=O) groups excluding carboxylic acids is 1. The zero-order chi connectivity index (χ0) is 23.8. The van der Waals surface area contributed by atoms with Crippen molar-refractivity contribution in [3.8, 4) is 11.5 Å². The largest absolute Gasteiger partial charge is 0.496 e. The van der Waals surface area contributed by atoms with Crippen molar-refractivity contribution in [3.05, 3.63) is 82.8 Å². The number of methoxy groups -OCH3 is 1. The highest BCUT2D eigenvalue weighted by atomic mass is 32.2. The second-order valence-electron chi connectivity index (χ2n) is 7.27. The van der Waals surface area contributed by atoms with Crippen LogP contribution in [-0.2, 0) is 24.2 Å². The van der Waals surface area contributed by atoms with Crippen LogP contribution < -0.4 is 19.9 Å². The number of hydrogen-bond acceptors (Lipinski definition) is 6. The molecule has 0 unspecified atom stereocenters. The normalized spacial score (nSPS) is 11.4. The molecule has 0 radical (unpaired) electrons. The number of imidazole rings is 1. The summed E-state index contributed by atoms with van der Waals surface area (Å²) in [4.78, 5) is 24.5. The topological polar surface area (TPSA) is 109 Å². The predicted molar refractivity (Wildman–Crippen MR) is 123 cm³/mol. The molecule has 1 N–H and O–H groups in total. The Morgan fingerprint density at radius 3 is 2.27 bits per heavy atom. The van der Waals surface area contributed by atoms with Gasteiger partial charge in [0.05, 0.1) is 23.7 Å². The van der Waals surface area contributed by atoms with E-state index < -0.39 is 10.1 Å². The number of para-hydroxylation sites is 1. The average Bonchev–Trinajstić information content (AvgIpc) is 3.03. The van der Waals surface area contributed by atoms with Gasteiger partial charge in [-0.05, 0) is 54.6 Å². The van der Waals surface area contributed by atoms with Crippen molar-refractivity contribution >= 4 is 32.7 Å². The summed E-state index contributed by atoms with van der Waals surface area (Å²) in [6, 6.07) is 17.1. The van der Waals surface area contributed by atoms with E-state index in [1.54, 1.807) is 44.4 Å². The Hall–Kier alpha value is -4.05. The summed E-state index contributed by atoms with van der Waals surface area (Å²) in [5.74, 6) is 0.150. The van der Waals surface area contributed by atoms with Crippen LogP contribution in [0.1, 0.15) is 10.4 Å². The van der Waals surface area contributed by atoms with E-state index in [1.165, 1.54) is 52.6 Å². The van der Waals surface area contributed by atoms with Crippen LogP contribution in [0.4, 0.5) is 5.69 Å². The molecule has 0 bridgehead atoms. The Kier molecular flexibility index (Phi) is 5.69. The molecule has 9 nitrogen and oxygen atoms in total. The molecule has 0 aliphatic heterocycles. The fourth-order valence-corrected chi connectivity index (χ4v) is 4.39. The summed E-state index contributed by atoms with van der Waals surface area (Å²) in [6.45, 7) is 0.